The van der Waals surface area contributed by atoms with Crippen molar-refractivity contribution in [2.75, 3.05) is 0 Å². The number of hydrogen-bond donors (Lipinski definition) is 1. The standard InChI is InChI=1S/C16H27NO/c1-6-8-9-15(16(17)18)14(10-12(3)4)11-13(5)7-2/h9-12H,6-8H2,1-5H3,(H2,17,18)/b13-11+,14-10+,15-9+. The van der Waals surface area contributed by atoms with Gasteiger partial charge in [-0.15, -0.1) is 0 Å². The number of unbranched alkanes of at least 4 members (excludes halogenated alkanes) is 1. The van der Waals surface area contributed by atoms with Crippen LogP contribution in [0.3, 0.4) is 0 Å². The average Bonchev–Trinajstić information content (AvgIpc) is 2.27. The van der Waals surface area contributed by atoms with Crippen molar-refractivity contribution >= 4 is 5.91 Å². The molecule has 0 saturated heterocycles. The summed E-state index contributed by atoms with van der Waals surface area (Å²) in [7, 11) is 0. The third-order valence-corrected chi connectivity index (χ3v) is 2.69. The quantitative estimate of drug-likeness (QED) is 0.535. The number of nitrogens with two attached hydrogens (primary N) is 1. The number of amides is 1. The summed E-state index contributed by atoms with van der Waals surface area (Å²) in [5, 5.41) is 0. The Morgan fingerprint density at radius 3 is 2.28 bits per heavy atom. The first-order valence-electron chi connectivity index (χ1n) is 6.81. The van der Waals surface area contributed by atoms with E-state index in [1.165, 1.54) is 5.57 Å². The Morgan fingerprint density at radius 2 is 1.89 bits per heavy atom. The highest BCUT2D eigenvalue weighted by Crippen LogP contribution is 2.18. The van der Waals surface area contributed by atoms with Gasteiger partial charge in [-0.1, -0.05) is 57.9 Å². The summed E-state index contributed by atoms with van der Waals surface area (Å²) in [6, 6.07) is 0. The molecule has 0 saturated carbocycles. The Balaban J connectivity index is 5.46. The molecule has 0 aliphatic carbocycles. The Morgan fingerprint density at radius 1 is 1.28 bits per heavy atom. The summed E-state index contributed by atoms with van der Waals surface area (Å²) in [6.45, 7) is 10.5. The summed E-state index contributed by atoms with van der Waals surface area (Å²) >= 11 is 0. The van der Waals surface area contributed by atoms with Crippen molar-refractivity contribution in [3.05, 3.63) is 34.9 Å². The largest absolute Gasteiger partial charge is 0.366 e. The lowest BCUT2D eigenvalue weighted by Gasteiger charge is -2.09. The minimum absolute atomic E-state index is 0.337. The van der Waals surface area contributed by atoms with Gasteiger partial charge in [0.05, 0.1) is 0 Å². The number of allylic oxidation sites excluding steroid dienone is 4. The van der Waals surface area contributed by atoms with E-state index in [-0.39, 0.29) is 5.91 Å². The molecule has 2 nitrogen and oxygen atoms in total. The van der Waals surface area contributed by atoms with Crippen molar-refractivity contribution < 1.29 is 4.79 Å². The van der Waals surface area contributed by atoms with Crippen LogP contribution in [0.15, 0.2) is 34.9 Å². The normalized spacial score (nSPS) is 14.2. The number of hydrogen-bond acceptors (Lipinski definition) is 1. The minimum atomic E-state index is -0.337. The van der Waals surface area contributed by atoms with Crippen LogP contribution in [0.4, 0.5) is 0 Å². The second-order valence-electron chi connectivity index (χ2n) is 4.98. The number of rotatable bonds is 7. The molecule has 1 amide bonds. The lowest BCUT2D eigenvalue weighted by Crippen LogP contribution is -2.15. The summed E-state index contributed by atoms with van der Waals surface area (Å²) in [5.74, 6) is 0.0563. The van der Waals surface area contributed by atoms with Gasteiger partial charge in [0.25, 0.3) is 0 Å². The molecule has 0 atom stereocenters. The molecule has 0 heterocycles. The van der Waals surface area contributed by atoms with E-state index >= 15 is 0 Å². The molecule has 0 radical (unpaired) electrons. The zero-order chi connectivity index (χ0) is 14.1. The van der Waals surface area contributed by atoms with Gasteiger partial charge >= 0.3 is 0 Å². The van der Waals surface area contributed by atoms with Crippen LogP contribution in [0.5, 0.6) is 0 Å². The van der Waals surface area contributed by atoms with E-state index in [4.69, 9.17) is 5.73 Å². The molecular weight excluding hydrogens is 222 g/mol. The van der Waals surface area contributed by atoms with Crippen LogP contribution in [-0.2, 0) is 4.79 Å². The SMILES string of the molecule is CCC\C=C(C(N)=O)/C(/C=C(\C)CC)=C/C(C)C. The fourth-order valence-corrected chi connectivity index (χ4v) is 1.59. The summed E-state index contributed by atoms with van der Waals surface area (Å²) in [4.78, 5) is 11.6. The van der Waals surface area contributed by atoms with Gasteiger partial charge in [0.1, 0.15) is 0 Å². The van der Waals surface area contributed by atoms with E-state index in [2.05, 4.69) is 46.8 Å². The molecule has 0 aromatic rings. The molecule has 2 heteroatoms. The van der Waals surface area contributed by atoms with Crippen molar-refractivity contribution in [2.24, 2.45) is 11.7 Å². The molecule has 102 valence electrons. The lowest BCUT2D eigenvalue weighted by molar-refractivity contribution is -0.114. The number of carbonyl (C=O) groups excluding carboxylic acids is 1. The molecule has 0 aromatic heterocycles. The first-order chi connectivity index (χ1) is 8.42. The van der Waals surface area contributed by atoms with E-state index in [1.807, 2.05) is 6.08 Å². The first kappa shape index (κ1) is 16.7. The van der Waals surface area contributed by atoms with Crippen molar-refractivity contribution in [3.63, 3.8) is 0 Å². The van der Waals surface area contributed by atoms with Gasteiger partial charge in [0, 0.05) is 5.57 Å². The van der Waals surface area contributed by atoms with Crippen LogP contribution in [0.1, 0.15) is 53.9 Å². The fraction of sp³-hybridized carbons (Fsp3) is 0.562. The third kappa shape index (κ3) is 6.43. The van der Waals surface area contributed by atoms with Crippen molar-refractivity contribution in [1.29, 1.82) is 0 Å². The number of carbonyl (C=O) groups is 1. The van der Waals surface area contributed by atoms with Gasteiger partial charge in [0.2, 0.25) is 5.91 Å². The van der Waals surface area contributed by atoms with Gasteiger partial charge in [-0.3, -0.25) is 4.79 Å². The zero-order valence-corrected chi connectivity index (χ0v) is 12.4. The highest BCUT2D eigenvalue weighted by molar-refractivity contribution is 5.97. The smallest absolute Gasteiger partial charge is 0.248 e. The molecular formula is C16H27NO. The molecule has 2 N–H and O–H groups in total. The van der Waals surface area contributed by atoms with Gasteiger partial charge in [-0.2, -0.15) is 0 Å². The molecule has 0 fully saturated rings. The van der Waals surface area contributed by atoms with E-state index < -0.39 is 0 Å². The van der Waals surface area contributed by atoms with Gasteiger partial charge in [0.15, 0.2) is 0 Å². The Kier molecular flexibility index (Phi) is 8.10. The fourth-order valence-electron chi connectivity index (χ4n) is 1.59. The second-order valence-corrected chi connectivity index (χ2v) is 4.98. The van der Waals surface area contributed by atoms with E-state index in [1.54, 1.807) is 0 Å². The topological polar surface area (TPSA) is 43.1 Å². The van der Waals surface area contributed by atoms with Crippen molar-refractivity contribution in [2.45, 2.75) is 53.9 Å². The van der Waals surface area contributed by atoms with Crippen LogP contribution in [0, 0.1) is 5.92 Å². The summed E-state index contributed by atoms with van der Waals surface area (Å²) in [6.07, 6.45) is 9.01. The predicted molar refractivity (Wildman–Crippen MR) is 79.2 cm³/mol. The molecule has 0 aliphatic rings. The molecule has 0 spiro atoms. The van der Waals surface area contributed by atoms with E-state index in [0.29, 0.717) is 11.5 Å². The van der Waals surface area contributed by atoms with Gasteiger partial charge in [-0.25, -0.2) is 0 Å². The molecule has 0 unspecified atom stereocenters. The van der Waals surface area contributed by atoms with Crippen LogP contribution in [-0.4, -0.2) is 5.91 Å². The summed E-state index contributed by atoms with van der Waals surface area (Å²) < 4.78 is 0. The lowest BCUT2D eigenvalue weighted by atomic mass is 9.97. The van der Waals surface area contributed by atoms with Crippen LogP contribution in [0.2, 0.25) is 0 Å². The molecule has 0 bridgehead atoms. The molecule has 0 aliphatic heterocycles. The van der Waals surface area contributed by atoms with Crippen LogP contribution >= 0.6 is 0 Å². The zero-order valence-electron chi connectivity index (χ0n) is 12.4. The van der Waals surface area contributed by atoms with Crippen LogP contribution in [0.25, 0.3) is 0 Å². The molecule has 0 rings (SSSR count). The monoisotopic (exact) mass is 249 g/mol. The maximum atomic E-state index is 11.6. The first-order valence-corrected chi connectivity index (χ1v) is 6.81. The van der Waals surface area contributed by atoms with E-state index in [9.17, 15) is 4.79 Å². The maximum absolute atomic E-state index is 11.6. The predicted octanol–water partition coefficient (Wildman–Crippen LogP) is 4.14. The number of primary amides is 1. The summed E-state index contributed by atoms with van der Waals surface area (Å²) in [5.41, 5.74) is 8.36. The highest BCUT2D eigenvalue weighted by atomic mass is 16.1. The second kappa shape index (κ2) is 8.73. The third-order valence-electron chi connectivity index (χ3n) is 2.69. The average molecular weight is 249 g/mol. The van der Waals surface area contributed by atoms with Crippen molar-refractivity contribution in [1.82, 2.24) is 0 Å². The van der Waals surface area contributed by atoms with Crippen LogP contribution < -0.4 is 5.73 Å². The van der Waals surface area contributed by atoms with E-state index in [0.717, 1.165) is 24.8 Å². The van der Waals surface area contributed by atoms with Gasteiger partial charge < -0.3 is 5.73 Å². The highest BCUT2D eigenvalue weighted by Gasteiger charge is 2.09. The molecule has 0 aromatic carbocycles. The minimum Gasteiger partial charge on any atom is -0.366 e. The Bertz CT molecular complexity index is 359. The molecule has 18 heavy (non-hydrogen) atoms. The maximum Gasteiger partial charge on any atom is 0.248 e. The Labute approximate surface area is 112 Å². The van der Waals surface area contributed by atoms with Crippen molar-refractivity contribution in [3.8, 4) is 0 Å². The van der Waals surface area contributed by atoms with Gasteiger partial charge in [-0.05, 0) is 31.3 Å². The Hall–Kier alpha value is -1.31.